The van der Waals surface area contributed by atoms with Crippen LogP contribution in [0.4, 0.5) is 0 Å². The second-order valence-electron chi connectivity index (χ2n) is 5.75. The van der Waals surface area contributed by atoms with Crippen LogP contribution in [0.3, 0.4) is 0 Å². The normalized spacial score (nSPS) is 18.4. The van der Waals surface area contributed by atoms with Gasteiger partial charge in [-0.05, 0) is 24.5 Å². The lowest BCUT2D eigenvalue weighted by Gasteiger charge is -2.37. The first-order chi connectivity index (χ1) is 9.49. The summed E-state index contributed by atoms with van der Waals surface area (Å²) in [6.07, 6.45) is 1.05. The highest BCUT2D eigenvalue weighted by atomic mass is 79.9. The maximum atomic E-state index is 10.4. The second-order valence-corrected chi connectivity index (χ2v) is 7.52. The van der Waals surface area contributed by atoms with Gasteiger partial charge in [-0.3, -0.25) is 4.90 Å². The highest BCUT2D eigenvalue weighted by Gasteiger charge is 2.27. The summed E-state index contributed by atoms with van der Waals surface area (Å²) in [7, 11) is 0. The molecular formula is C15H22Br2N2O. The molecule has 0 amide bonds. The average Bonchev–Trinajstić information content (AvgIpc) is 2.37. The van der Waals surface area contributed by atoms with E-state index in [-0.39, 0.29) is 6.04 Å². The van der Waals surface area contributed by atoms with E-state index in [2.05, 4.69) is 55.9 Å². The van der Waals surface area contributed by atoms with E-state index >= 15 is 0 Å². The van der Waals surface area contributed by atoms with Crippen molar-refractivity contribution in [1.29, 1.82) is 0 Å². The van der Waals surface area contributed by atoms with Gasteiger partial charge in [0, 0.05) is 46.7 Å². The summed E-state index contributed by atoms with van der Waals surface area (Å²) < 4.78 is 1.88. The number of phenolic OH excluding ortho intramolecular Hbond substituents is 1. The third-order valence-corrected chi connectivity index (χ3v) is 4.81. The van der Waals surface area contributed by atoms with Crippen molar-refractivity contribution in [2.24, 2.45) is 5.92 Å². The molecule has 1 aliphatic rings. The van der Waals surface area contributed by atoms with Crippen LogP contribution in [-0.4, -0.2) is 36.2 Å². The number of rotatable bonds is 4. The molecule has 1 aromatic rings. The van der Waals surface area contributed by atoms with Crippen LogP contribution in [0.15, 0.2) is 21.1 Å². The molecule has 2 rings (SSSR count). The lowest BCUT2D eigenvalue weighted by Crippen LogP contribution is -2.45. The highest BCUT2D eigenvalue weighted by Crippen LogP contribution is 2.40. The van der Waals surface area contributed by atoms with Crippen molar-refractivity contribution in [3.05, 3.63) is 26.6 Å². The third-order valence-electron chi connectivity index (χ3n) is 3.69. The molecule has 0 unspecified atom stereocenters. The van der Waals surface area contributed by atoms with Gasteiger partial charge in [0.25, 0.3) is 0 Å². The summed E-state index contributed by atoms with van der Waals surface area (Å²) in [4.78, 5) is 2.48. The quantitative estimate of drug-likeness (QED) is 0.796. The minimum atomic E-state index is 0.263. The molecule has 0 aliphatic carbocycles. The first-order valence-electron chi connectivity index (χ1n) is 7.11. The molecule has 0 spiro atoms. The van der Waals surface area contributed by atoms with E-state index in [0.29, 0.717) is 11.7 Å². The number of hydrogen-bond donors (Lipinski definition) is 2. The zero-order valence-electron chi connectivity index (χ0n) is 12.0. The molecular weight excluding hydrogens is 384 g/mol. The Bertz CT molecular complexity index is 436. The molecule has 1 aliphatic heterocycles. The standard InChI is InChI=1S/C15H22Br2N2O/c1-10(2)7-13(19-5-3-18-4-6-19)15-12(17)8-11(16)9-14(15)20/h8-10,13,18,20H,3-7H2,1-2H3/t13-/m0/s1. The summed E-state index contributed by atoms with van der Waals surface area (Å²) in [5.41, 5.74) is 1.02. The zero-order chi connectivity index (χ0) is 14.7. The summed E-state index contributed by atoms with van der Waals surface area (Å²) >= 11 is 7.05. The molecule has 1 saturated heterocycles. The van der Waals surface area contributed by atoms with Crippen LogP contribution in [0, 0.1) is 5.92 Å². The minimum absolute atomic E-state index is 0.263. The first kappa shape index (κ1) is 16.3. The third kappa shape index (κ3) is 3.97. The Labute approximate surface area is 138 Å². The molecule has 1 heterocycles. The number of benzene rings is 1. The van der Waals surface area contributed by atoms with Crippen LogP contribution < -0.4 is 5.32 Å². The lowest BCUT2D eigenvalue weighted by atomic mass is 9.94. The molecule has 0 saturated carbocycles. The number of nitrogens with one attached hydrogen (secondary N) is 1. The van der Waals surface area contributed by atoms with Gasteiger partial charge in [-0.15, -0.1) is 0 Å². The van der Waals surface area contributed by atoms with E-state index in [1.165, 1.54) is 0 Å². The van der Waals surface area contributed by atoms with Crippen LogP contribution in [0.2, 0.25) is 0 Å². The fraction of sp³-hybridized carbons (Fsp3) is 0.600. The van der Waals surface area contributed by atoms with Crippen molar-refractivity contribution in [3.8, 4) is 5.75 Å². The predicted molar refractivity (Wildman–Crippen MR) is 90.1 cm³/mol. The Hall–Kier alpha value is -0.100. The van der Waals surface area contributed by atoms with E-state index in [9.17, 15) is 5.11 Å². The number of aromatic hydroxyl groups is 1. The summed E-state index contributed by atoms with van der Waals surface area (Å²) in [6, 6.07) is 4.07. The van der Waals surface area contributed by atoms with Crippen molar-refractivity contribution in [1.82, 2.24) is 10.2 Å². The van der Waals surface area contributed by atoms with Crippen molar-refractivity contribution in [2.75, 3.05) is 26.2 Å². The molecule has 5 heteroatoms. The van der Waals surface area contributed by atoms with Gasteiger partial charge in [-0.25, -0.2) is 0 Å². The zero-order valence-corrected chi connectivity index (χ0v) is 15.2. The first-order valence-corrected chi connectivity index (χ1v) is 8.70. The second kappa shape index (κ2) is 7.25. The smallest absolute Gasteiger partial charge is 0.122 e. The van der Waals surface area contributed by atoms with Gasteiger partial charge in [-0.2, -0.15) is 0 Å². The summed E-state index contributed by atoms with van der Waals surface area (Å²) in [5.74, 6) is 0.959. The van der Waals surface area contributed by atoms with Crippen molar-refractivity contribution >= 4 is 31.9 Å². The van der Waals surface area contributed by atoms with Gasteiger partial charge in [-0.1, -0.05) is 45.7 Å². The molecule has 2 N–H and O–H groups in total. The van der Waals surface area contributed by atoms with Crippen LogP contribution in [-0.2, 0) is 0 Å². The Kier molecular flexibility index (Phi) is 5.90. The molecule has 112 valence electrons. The molecule has 3 nitrogen and oxygen atoms in total. The number of nitrogens with zero attached hydrogens (tertiary/aromatic N) is 1. The lowest BCUT2D eigenvalue weighted by molar-refractivity contribution is 0.151. The van der Waals surface area contributed by atoms with Crippen LogP contribution in [0.5, 0.6) is 5.75 Å². The Morgan fingerprint density at radius 2 is 1.90 bits per heavy atom. The van der Waals surface area contributed by atoms with Crippen molar-refractivity contribution in [3.63, 3.8) is 0 Å². The molecule has 0 radical (unpaired) electrons. The van der Waals surface area contributed by atoms with Crippen molar-refractivity contribution in [2.45, 2.75) is 26.3 Å². The van der Waals surface area contributed by atoms with Gasteiger partial charge in [0.15, 0.2) is 0 Å². The Morgan fingerprint density at radius 3 is 2.45 bits per heavy atom. The average molecular weight is 406 g/mol. The summed E-state index contributed by atoms with van der Waals surface area (Å²) in [6.45, 7) is 8.56. The number of piperazine rings is 1. The van der Waals surface area contributed by atoms with E-state index < -0.39 is 0 Å². The van der Waals surface area contributed by atoms with E-state index in [0.717, 1.165) is 47.1 Å². The number of phenols is 1. The summed E-state index contributed by atoms with van der Waals surface area (Å²) in [5, 5.41) is 13.8. The highest BCUT2D eigenvalue weighted by molar-refractivity contribution is 9.11. The Balaban J connectivity index is 2.35. The van der Waals surface area contributed by atoms with E-state index in [1.807, 2.05) is 6.07 Å². The maximum absolute atomic E-state index is 10.4. The van der Waals surface area contributed by atoms with Gasteiger partial charge < -0.3 is 10.4 Å². The van der Waals surface area contributed by atoms with Crippen molar-refractivity contribution < 1.29 is 5.11 Å². The molecule has 1 fully saturated rings. The molecule has 1 aromatic carbocycles. The van der Waals surface area contributed by atoms with Crippen LogP contribution in [0.25, 0.3) is 0 Å². The van der Waals surface area contributed by atoms with Gasteiger partial charge in [0.1, 0.15) is 5.75 Å². The number of hydrogen-bond acceptors (Lipinski definition) is 3. The molecule has 0 aromatic heterocycles. The Morgan fingerprint density at radius 1 is 1.25 bits per heavy atom. The minimum Gasteiger partial charge on any atom is -0.508 e. The predicted octanol–water partition coefficient (Wildman–Crippen LogP) is 3.91. The van der Waals surface area contributed by atoms with Crippen LogP contribution >= 0.6 is 31.9 Å². The van der Waals surface area contributed by atoms with Gasteiger partial charge >= 0.3 is 0 Å². The van der Waals surface area contributed by atoms with Gasteiger partial charge in [0.05, 0.1) is 0 Å². The van der Waals surface area contributed by atoms with E-state index in [4.69, 9.17) is 0 Å². The monoisotopic (exact) mass is 404 g/mol. The fourth-order valence-electron chi connectivity index (χ4n) is 2.79. The maximum Gasteiger partial charge on any atom is 0.122 e. The van der Waals surface area contributed by atoms with Gasteiger partial charge in [0.2, 0.25) is 0 Å². The van der Waals surface area contributed by atoms with E-state index in [1.54, 1.807) is 6.07 Å². The molecule has 0 bridgehead atoms. The largest absolute Gasteiger partial charge is 0.508 e. The SMILES string of the molecule is CC(C)C[C@@H](c1c(O)cc(Br)cc1Br)N1CCNCC1. The topological polar surface area (TPSA) is 35.5 Å². The fourth-order valence-corrected chi connectivity index (χ4v) is 4.26. The molecule has 1 atom stereocenters. The van der Waals surface area contributed by atoms with Crippen LogP contribution in [0.1, 0.15) is 31.9 Å². The molecule has 20 heavy (non-hydrogen) atoms. The number of halogens is 2.